The van der Waals surface area contributed by atoms with Crippen LogP contribution in [0.4, 0.5) is 11.4 Å². The van der Waals surface area contributed by atoms with Crippen LogP contribution in [-0.4, -0.2) is 94.7 Å². The molecule has 0 atom stereocenters. The number of amides is 2. The van der Waals surface area contributed by atoms with Crippen LogP contribution in [-0.2, 0) is 19.2 Å². The first-order valence-corrected chi connectivity index (χ1v) is 14.9. The van der Waals surface area contributed by atoms with Crippen molar-refractivity contribution in [2.45, 2.75) is 12.8 Å². The molecule has 6 aromatic heterocycles. The normalized spacial score (nSPS) is 10.5. The highest BCUT2D eigenvalue weighted by atomic mass is 16.4. The lowest BCUT2D eigenvalue weighted by Crippen LogP contribution is -2.13. The fourth-order valence-corrected chi connectivity index (χ4v) is 3.83. The van der Waals surface area contributed by atoms with E-state index in [1.165, 1.54) is 12.4 Å². The van der Waals surface area contributed by atoms with Crippen LogP contribution in [0.3, 0.4) is 0 Å². The number of anilines is 2. The fraction of sp³-hybridized carbons (Fsp3) is 0.0625. The first-order valence-electron chi connectivity index (χ1n) is 14.9. The van der Waals surface area contributed by atoms with Crippen LogP contribution in [0.2, 0.25) is 0 Å². The average Bonchev–Trinajstić information content (AvgIpc) is 3.18. The molecule has 6 rings (SSSR count). The van der Waals surface area contributed by atoms with Gasteiger partial charge in [0.05, 0.1) is 30.2 Å². The molecule has 20 heteroatoms. The Hall–Kier alpha value is -7.90. The molecule has 6 heterocycles. The van der Waals surface area contributed by atoms with E-state index in [0.29, 0.717) is 45.8 Å². The SMILES string of the molecule is O=C(O)/C=C\C(=O)Nc1ccc(-c2nnc(-c3ccccn3)nn2)nc1.O=C(O)CCC(=O)Nc1ccc(-c2nnc(-c3ccccn3)nn2)nc1. The Labute approximate surface area is 292 Å². The minimum Gasteiger partial charge on any atom is -0.481 e. The number of nitrogens with one attached hydrogen (secondary N) is 2. The Balaban J connectivity index is 0.000000201. The number of rotatable bonds is 11. The summed E-state index contributed by atoms with van der Waals surface area (Å²) in [7, 11) is 0. The van der Waals surface area contributed by atoms with Gasteiger partial charge in [-0.25, -0.2) is 4.79 Å². The minimum atomic E-state index is -1.21. The maximum Gasteiger partial charge on any atom is 0.328 e. The van der Waals surface area contributed by atoms with Gasteiger partial charge in [-0.15, -0.1) is 40.8 Å². The number of aromatic nitrogens is 12. The van der Waals surface area contributed by atoms with Gasteiger partial charge in [0.25, 0.3) is 0 Å². The summed E-state index contributed by atoms with van der Waals surface area (Å²) in [4.78, 5) is 60.4. The average molecular weight is 701 g/mol. The van der Waals surface area contributed by atoms with Crippen LogP contribution in [0.15, 0.2) is 97.6 Å². The molecule has 0 fully saturated rings. The van der Waals surface area contributed by atoms with E-state index in [4.69, 9.17) is 10.2 Å². The molecule has 2 amide bonds. The second kappa shape index (κ2) is 17.5. The highest BCUT2D eigenvalue weighted by molar-refractivity contribution is 6.02. The van der Waals surface area contributed by atoms with Crippen molar-refractivity contribution in [3.05, 3.63) is 97.6 Å². The lowest BCUT2D eigenvalue weighted by Gasteiger charge is -2.04. The number of nitrogens with zero attached hydrogens (tertiary/aromatic N) is 12. The van der Waals surface area contributed by atoms with Gasteiger partial charge in [0, 0.05) is 31.0 Å². The molecule has 0 saturated carbocycles. The Morgan fingerprint density at radius 2 is 0.962 bits per heavy atom. The molecule has 20 nitrogen and oxygen atoms in total. The number of carboxylic acid groups (broad SMARTS) is 2. The van der Waals surface area contributed by atoms with Crippen molar-refractivity contribution in [1.29, 1.82) is 0 Å². The standard InChI is InChI=1S/C16H13N7O3.C16H11N7O3/c2*24-13(6-7-14(25)26)19-10-4-5-12(18-9-10)16-22-20-15(21-23-16)11-3-1-2-8-17-11/h1-5,8-9H,6-7H2,(H,19,24)(H,25,26);1-9H,(H,19,24)(H,25,26)/b;7-6-. The number of pyridine rings is 4. The van der Waals surface area contributed by atoms with Crippen molar-refractivity contribution in [3.8, 4) is 46.1 Å². The molecule has 6 aromatic rings. The summed E-state index contributed by atoms with van der Waals surface area (Å²) in [5, 5.41) is 53.9. The second-order valence-electron chi connectivity index (χ2n) is 9.99. The number of hydrogen-bond donors (Lipinski definition) is 4. The van der Waals surface area contributed by atoms with Crippen LogP contribution in [0.5, 0.6) is 0 Å². The highest BCUT2D eigenvalue weighted by Crippen LogP contribution is 2.17. The molecule has 0 aromatic carbocycles. The minimum absolute atomic E-state index is 0.108. The fourth-order valence-electron chi connectivity index (χ4n) is 3.83. The molecule has 0 spiro atoms. The van der Waals surface area contributed by atoms with Crippen LogP contribution in [0, 0.1) is 0 Å². The number of aliphatic carboxylic acids is 2. The molecule has 0 aliphatic rings. The number of carbonyl (C=O) groups excluding carboxylic acids is 2. The zero-order valence-corrected chi connectivity index (χ0v) is 26.5. The maximum atomic E-state index is 11.6. The molecule has 0 unspecified atom stereocenters. The van der Waals surface area contributed by atoms with E-state index in [0.717, 1.165) is 12.2 Å². The lowest BCUT2D eigenvalue weighted by atomic mass is 10.3. The molecule has 52 heavy (non-hydrogen) atoms. The van der Waals surface area contributed by atoms with E-state index in [1.54, 1.807) is 67.0 Å². The molecule has 0 aliphatic heterocycles. The van der Waals surface area contributed by atoms with Gasteiger partial charge in [-0.1, -0.05) is 12.1 Å². The summed E-state index contributed by atoms with van der Waals surface area (Å²) in [5.74, 6) is -2.18. The predicted molar refractivity (Wildman–Crippen MR) is 179 cm³/mol. The van der Waals surface area contributed by atoms with Crippen LogP contribution < -0.4 is 10.6 Å². The van der Waals surface area contributed by atoms with Crippen LogP contribution >= 0.6 is 0 Å². The molecule has 0 radical (unpaired) electrons. The van der Waals surface area contributed by atoms with Gasteiger partial charge in [0.2, 0.25) is 35.1 Å². The summed E-state index contributed by atoms with van der Waals surface area (Å²) >= 11 is 0. The summed E-state index contributed by atoms with van der Waals surface area (Å²) in [6, 6.07) is 17.0. The third-order valence-corrected chi connectivity index (χ3v) is 6.23. The van der Waals surface area contributed by atoms with E-state index < -0.39 is 23.8 Å². The first kappa shape index (κ1) is 35.4. The third-order valence-electron chi connectivity index (χ3n) is 6.23. The summed E-state index contributed by atoms with van der Waals surface area (Å²) in [6.45, 7) is 0. The van der Waals surface area contributed by atoms with Crippen molar-refractivity contribution in [1.82, 2.24) is 60.7 Å². The van der Waals surface area contributed by atoms with Crippen molar-refractivity contribution < 1.29 is 29.4 Å². The van der Waals surface area contributed by atoms with Crippen molar-refractivity contribution in [3.63, 3.8) is 0 Å². The highest BCUT2D eigenvalue weighted by Gasteiger charge is 2.11. The first-order chi connectivity index (χ1) is 25.2. The molecule has 0 bridgehead atoms. The van der Waals surface area contributed by atoms with E-state index in [2.05, 4.69) is 71.4 Å². The zero-order valence-electron chi connectivity index (χ0n) is 26.5. The summed E-state index contributed by atoms with van der Waals surface area (Å²) < 4.78 is 0. The Bertz CT molecular complexity index is 2160. The van der Waals surface area contributed by atoms with Crippen LogP contribution in [0.25, 0.3) is 46.1 Å². The Morgan fingerprint density at radius 3 is 1.33 bits per heavy atom. The van der Waals surface area contributed by atoms with E-state index >= 15 is 0 Å². The second-order valence-corrected chi connectivity index (χ2v) is 9.99. The topological polar surface area (TPSA) is 287 Å². The van der Waals surface area contributed by atoms with Gasteiger partial charge in [-0.2, -0.15) is 0 Å². The van der Waals surface area contributed by atoms with Gasteiger partial charge in [0.1, 0.15) is 22.8 Å². The molecule has 0 saturated heterocycles. The zero-order chi connectivity index (χ0) is 36.7. The molecule has 4 N–H and O–H groups in total. The van der Waals surface area contributed by atoms with Crippen molar-refractivity contribution in [2.24, 2.45) is 0 Å². The van der Waals surface area contributed by atoms with Crippen molar-refractivity contribution >= 4 is 35.1 Å². The third kappa shape index (κ3) is 10.6. The Morgan fingerprint density at radius 1 is 0.519 bits per heavy atom. The van der Waals surface area contributed by atoms with Gasteiger partial charge < -0.3 is 20.8 Å². The maximum absolute atomic E-state index is 11.6. The quantitative estimate of drug-likeness (QED) is 0.141. The monoisotopic (exact) mass is 700 g/mol. The molecular weight excluding hydrogens is 676 g/mol. The van der Waals surface area contributed by atoms with E-state index in [9.17, 15) is 19.2 Å². The van der Waals surface area contributed by atoms with Gasteiger partial charge in [0.15, 0.2) is 0 Å². The largest absolute Gasteiger partial charge is 0.481 e. The number of carboxylic acids is 2. The van der Waals surface area contributed by atoms with Gasteiger partial charge in [-0.3, -0.25) is 34.3 Å². The van der Waals surface area contributed by atoms with E-state index in [-0.39, 0.29) is 24.5 Å². The predicted octanol–water partition coefficient (Wildman–Crippen LogP) is 2.16. The molecule has 0 aliphatic carbocycles. The van der Waals surface area contributed by atoms with Crippen molar-refractivity contribution in [2.75, 3.05) is 10.6 Å². The van der Waals surface area contributed by atoms with E-state index in [1.807, 2.05) is 6.07 Å². The summed E-state index contributed by atoms with van der Waals surface area (Å²) in [6.07, 6.45) is 7.36. The number of carbonyl (C=O) groups is 4. The number of hydrogen-bond acceptors (Lipinski definition) is 16. The van der Waals surface area contributed by atoms with Crippen LogP contribution in [0.1, 0.15) is 12.8 Å². The molecular formula is C32H24N14O6. The Kier molecular flexibility index (Phi) is 11.9. The molecule has 258 valence electrons. The summed E-state index contributed by atoms with van der Waals surface area (Å²) in [5.41, 5.74) is 2.79. The lowest BCUT2D eigenvalue weighted by molar-refractivity contribution is -0.138. The smallest absolute Gasteiger partial charge is 0.328 e. The van der Waals surface area contributed by atoms with Gasteiger partial charge >= 0.3 is 11.9 Å². The van der Waals surface area contributed by atoms with Gasteiger partial charge in [-0.05, 0) is 48.5 Å².